The minimum atomic E-state index is -1.01. The molecule has 1 aliphatic heterocycles. The Kier molecular flexibility index (Phi) is 2.99. The predicted molar refractivity (Wildman–Crippen MR) is 61.5 cm³/mol. The van der Waals surface area contributed by atoms with Crippen LogP contribution in [-0.4, -0.2) is 30.6 Å². The van der Waals surface area contributed by atoms with Crippen LogP contribution < -0.4 is 9.64 Å². The lowest BCUT2D eigenvalue weighted by molar-refractivity contribution is -0.117. The molecule has 0 saturated carbocycles. The number of carbonyl (C=O) groups excluding carboxylic acids is 1. The highest BCUT2D eigenvalue weighted by atomic mass is 16.5. The topological polar surface area (TPSA) is 66.8 Å². The molecule has 0 radical (unpaired) electrons. The summed E-state index contributed by atoms with van der Waals surface area (Å²) in [5, 5.41) is 8.88. The summed E-state index contributed by atoms with van der Waals surface area (Å²) in [4.78, 5) is 24.1. The predicted octanol–water partition coefficient (Wildman–Crippen LogP) is 1.52. The first-order valence-electron chi connectivity index (χ1n) is 5.35. The molecule has 0 aromatic heterocycles. The SMILES string of the molecule is COc1cc(C(=O)O)ccc1N1CCCC1=O. The van der Waals surface area contributed by atoms with Gasteiger partial charge in [0.2, 0.25) is 5.91 Å². The highest BCUT2D eigenvalue weighted by Gasteiger charge is 2.24. The Morgan fingerprint density at radius 3 is 2.76 bits per heavy atom. The van der Waals surface area contributed by atoms with E-state index < -0.39 is 5.97 Å². The molecule has 0 unspecified atom stereocenters. The van der Waals surface area contributed by atoms with Gasteiger partial charge in [0.15, 0.2) is 0 Å². The van der Waals surface area contributed by atoms with Gasteiger partial charge in [0, 0.05) is 13.0 Å². The molecule has 5 nitrogen and oxygen atoms in total. The summed E-state index contributed by atoms with van der Waals surface area (Å²) in [5.41, 5.74) is 0.789. The molecule has 1 aliphatic rings. The van der Waals surface area contributed by atoms with Crippen molar-refractivity contribution in [2.24, 2.45) is 0 Å². The third-order valence-electron chi connectivity index (χ3n) is 2.79. The van der Waals surface area contributed by atoms with Crippen molar-refractivity contribution in [3.8, 4) is 5.75 Å². The molecule has 2 rings (SSSR count). The standard InChI is InChI=1S/C12H13NO4/c1-17-10-7-8(12(15)16)4-5-9(10)13-6-2-3-11(13)14/h4-5,7H,2-3,6H2,1H3,(H,15,16). The summed E-state index contributed by atoms with van der Waals surface area (Å²) >= 11 is 0. The Bertz CT molecular complexity index is 470. The molecule has 1 amide bonds. The van der Waals surface area contributed by atoms with Crippen LogP contribution in [0.3, 0.4) is 0 Å². The van der Waals surface area contributed by atoms with Gasteiger partial charge in [0.25, 0.3) is 0 Å². The van der Waals surface area contributed by atoms with Gasteiger partial charge >= 0.3 is 5.97 Å². The van der Waals surface area contributed by atoms with Crippen molar-refractivity contribution in [3.05, 3.63) is 23.8 Å². The van der Waals surface area contributed by atoms with Gasteiger partial charge in [-0.3, -0.25) is 4.79 Å². The maximum Gasteiger partial charge on any atom is 0.335 e. The summed E-state index contributed by atoms with van der Waals surface area (Å²) in [6.07, 6.45) is 1.35. The van der Waals surface area contributed by atoms with Crippen molar-refractivity contribution in [3.63, 3.8) is 0 Å². The van der Waals surface area contributed by atoms with Gasteiger partial charge < -0.3 is 14.7 Å². The highest BCUT2D eigenvalue weighted by Crippen LogP contribution is 2.32. The van der Waals surface area contributed by atoms with Gasteiger partial charge in [0.05, 0.1) is 18.4 Å². The fourth-order valence-electron chi connectivity index (χ4n) is 1.94. The minimum Gasteiger partial charge on any atom is -0.495 e. The summed E-state index contributed by atoms with van der Waals surface area (Å²) in [7, 11) is 1.46. The van der Waals surface area contributed by atoms with E-state index in [1.807, 2.05) is 0 Å². The van der Waals surface area contributed by atoms with E-state index in [-0.39, 0.29) is 11.5 Å². The molecule has 1 fully saturated rings. The molecule has 5 heteroatoms. The van der Waals surface area contributed by atoms with Crippen LogP contribution in [0, 0.1) is 0 Å². The van der Waals surface area contributed by atoms with Crippen LogP contribution in [0.1, 0.15) is 23.2 Å². The van der Waals surface area contributed by atoms with Crippen molar-refractivity contribution in [2.75, 3.05) is 18.6 Å². The van der Waals surface area contributed by atoms with Crippen molar-refractivity contribution in [1.29, 1.82) is 0 Å². The van der Waals surface area contributed by atoms with E-state index in [4.69, 9.17) is 9.84 Å². The van der Waals surface area contributed by atoms with Crippen molar-refractivity contribution >= 4 is 17.6 Å². The minimum absolute atomic E-state index is 0.0476. The van der Waals surface area contributed by atoms with E-state index in [2.05, 4.69) is 0 Å². The molecule has 1 saturated heterocycles. The van der Waals surface area contributed by atoms with Gasteiger partial charge in [-0.05, 0) is 24.6 Å². The Balaban J connectivity index is 2.40. The highest BCUT2D eigenvalue weighted by molar-refractivity contribution is 5.98. The number of methoxy groups -OCH3 is 1. The number of carbonyl (C=O) groups is 2. The normalized spacial score (nSPS) is 15.1. The summed E-state index contributed by atoms with van der Waals surface area (Å²) in [6.45, 7) is 0.654. The van der Waals surface area contributed by atoms with Crippen LogP contribution in [-0.2, 0) is 4.79 Å². The molecule has 1 heterocycles. The number of aromatic carboxylic acids is 1. The second-order valence-corrected chi connectivity index (χ2v) is 3.84. The van der Waals surface area contributed by atoms with Crippen LogP contribution in [0.4, 0.5) is 5.69 Å². The summed E-state index contributed by atoms with van der Waals surface area (Å²) in [6, 6.07) is 4.53. The molecule has 1 aromatic carbocycles. The number of benzene rings is 1. The maximum absolute atomic E-state index is 11.6. The van der Waals surface area contributed by atoms with E-state index in [9.17, 15) is 9.59 Å². The zero-order valence-electron chi connectivity index (χ0n) is 9.47. The number of hydrogen-bond acceptors (Lipinski definition) is 3. The molecule has 0 spiro atoms. The number of ether oxygens (including phenoxy) is 1. The number of carboxylic acids is 1. The third-order valence-corrected chi connectivity index (χ3v) is 2.79. The van der Waals surface area contributed by atoms with E-state index in [1.54, 1.807) is 11.0 Å². The molecule has 0 atom stereocenters. The van der Waals surface area contributed by atoms with E-state index in [1.165, 1.54) is 19.2 Å². The fraction of sp³-hybridized carbons (Fsp3) is 0.333. The first kappa shape index (κ1) is 11.4. The second-order valence-electron chi connectivity index (χ2n) is 3.84. The van der Waals surface area contributed by atoms with Crippen molar-refractivity contribution in [1.82, 2.24) is 0 Å². The number of nitrogens with zero attached hydrogens (tertiary/aromatic N) is 1. The van der Waals surface area contributed by atoms with E-state index in [0.29, 0.717) is 24.4 Å². The van der Waals surface area contributed by atoms with Gasteiger partial charge in [0.1, 0.15) is 5.75 Å². The van der Waals surface area contributed by atoms with Gasteiger partial charge in [-0.2, -0.15) is 0 Å². The fourth-order valence-corrected chi connectivity index (χ4v) is 1.94. The molecule has 1 aromatic rings. The number of amides is 1. The van der Waals surface area contributed by atoms with Crippen LogP contribution in [0.15, 0.2) is 18.2 Å². The first-order valence-corrected chi connectivity index (χ1v) is 5.35. The number of hydrogen-bond donors (Lipinski definition) is 1. The first-order chi connectivity index (χ1) is 8.13. The lowest BCUT2D eigenvalue weighted by Gasteiger charge is -2.19. The Morgan fingerprint density at radius 2 is 2.24 bits per heavy atom. The zero-order chi connectivity index (χ0) is 12.4. The summed E-state index contributed by atoms with van der Waals surface area (Å²) in [5.74, 6) is -0.547. The maximum atomic E-state index is 11.6. The number of carboxylic acid groups (broad SMARTS) is 1. The molecular formula is C12H13NO4. The second kappa shape index (κ2) is 4.45. The van der Waals surface area contributed by atoms with Crippen LogP contribution in [0.5, 0.6) is 5.75 Å². The molecule has 90 valence electrons. The molecule has 0 aliphatic carbocycles. The van der Waals surface area contributed by atoms with Gasteiger partial charge in [-0.25, -0.2) is 4.79 Å². The zero-order valence-corrected chi connectivity index (χ0v) is 9.47. The lowest BCUT2D eigenvalue weighted by atomic mass is 10.2. The van der Waals surface area contributed by atoms with Crippen molar-refractivity contribution in [2.45, 2.75) is 12.8 Å². The van der Waals surface area contributed by atoms with Crippen LogP contribution in [0.25, 0.3) is 0 Å². The average molecular weight is 235 g/mol. The van der Waals surface area contributed by atoms with Gasteiger partial charge in [-0.1, -0.05) is 0 Å². The monoisotopic (exact) mass is 235 g/mol. The Morgan fingerprint density at radius 1 is 1.47 bits per heavy atom. The third kappa shape index (κ3) is 2.08. The lowest BCUT2D eigenvalue weighted by Crippen LogP contribution is -2.24. The number of rotatable bonds is 3. The van der Waals surface area contributed by atoms with Crippen molar-refractivity contribution < 1.29 is 19.4 Å². The quantitative estimate of drug-likeness (QED) is 0.862. The molecule has 17 heavy (non-hydrogen) atoms. The molecular weight excluding hydrogens is 222 g/mol. The van der Waals surface area contributed by atoms with Crippen LogP contribution in [0.2, 0.25) is 0 Å². The summed E-state index contributed by atoms with van der Waals surface area (Å²) < 4.78 is 5.14. The van der Waals surface area contributed by atoms with E-state index >= 15 is 0 Å². The smallest absolute Gasteiger partial charge is 0.335 e. The molecule has 1 N–H and O–H groups in total. The molecule has 0 bridgehead atoms. The average Bonchev–Trinajstić information content (AvgIpc) is 2.74. The Labute approximate surface area is 98.6 Å². The number of anilines is 1. The largest absolute Gasteiger partial charge is 0.495 e. The van der Waals surface area contributed by atoms with Crippen LogP contribution >= 0.6 is 0 Å². The van der Waals surface area contributed by atoms with Gasteiger partial charge in [-0.15, -0.1) is 0 Å². The Hall–Kier alpha value is -2.04. The van der Waals surface area contributed by atoms with E-state index in [0.717, 1.165) is 6.42 Å².